The third-order valence-electron chi connectivity index (χ3n) is 3.01. The fourth-order valence-electron chi connectivity index (χ4n) is 1.83. The van der Waals surface area contributed by atoms with E-state index in [4.69, 9.17) is 11.6 Å². The van der Waals surface area contributed by atoms with E-state index in [9.17, 15) is 12.8 Å². The highest BCUT2D eigenvalue weighted by Crippen LogP contribution is 2.27. The fourth-order valence-corrected chi connectivity index (χ4v) is 3.58. The van der Waals surface area contributed by atoms with Gasteiger partial charge in [0.05, 0.1) is 0 Å². The molecule has 0 radical (unpaired) electrons. The molecule has 20 heavy (non-hydrogen) atoms. The van der Waals surface area contributed by atoms with Crippen LogP contribution in [0.25, 0.3) is 0 Å². The van der Waals surface area contributed by atoms with Gasteiger partial charge in [-0.2, -0.15) is 0 Å². The lowest BCUT2D eigenvalue weighted by atomic mass is 10.2. The van der Waals surface area contributed by atoms with Crippen molar-refractivity contribution in [2.24, 2.45) is 0 Å². The lowest BCUT2D eigenvalue weighted by Crippen LogP contribution is -2.27. The molecule has 1 aromatic rings. The predicted molar refractivity (Wildman–Crippen MR) is 76.8 cm³/mol. The summed E-state index contributed by atoms with van der Waals surface area (Å²) in [6.45, 7) is 2.98. The van der Waals surface area contributed by atoms with Crippen molar-refractivity contribution in [3.8, 4) is 0 Å². The van der Waals surface area contributed by atoms with Crippen LogP contribution in [-0.4, -0.2) is 21.0 Å². The molecule has 0 bridgehead atoms. The van der Waals surface area contributed by atoms with Crippen molar-refractivity contribution in [2.75, 3.05) is 6.54 Å². The van der Waals surface area contributed by atoms with Gasteiger partial charge < -0.3 is 5.32 Å². The van der Waals surface area contributed by atoms with Gasteiger partial charge in [0.25, 0.3) is 0 Å². The fraction of sp³-hybridized carbons (Fsp3) is 0.538. The highest BCUT2D eigenvalue weighted by molar-refractivity contribution is 7.89. The first kappa shape index (κ1) is 15.7. The molecule has 0 atom stereocenters. The van der Waals surface area contributed by atoms with E-state index in [0.717, 1.165) is 31.9 Å². The van der Waals surface area contributed by atoms with Gasteiger partial charge in [0.15, 0.2) is 0 Å². The Morgan fingerprint density at radius 1 is 1.40 bits per heavy atom. The van der Waals surface area contributed by atoms with Crippen LogP contribution in [0.2, 0.25) is 5.02 Å². The largest absolute Gasteiger partial charge is 0.313 e. The molecule has 0 saturated heterocycles. The maximum Gasteiger partial charge on any atom is 0.243 e. The summed E-state index contributed by atoms with van der Waals surface area (Å²) in [5.74, 6) is -0.730. The number of hydrogen-bond donors (Lipinski definition) is 2. The van der Waals surface area contributed by atoms with E-state index in [1.807, 2.05) is 6.92 Å². The zero-order chi connectivity index (χ0) is 14.8. The van der Waals surface area contributed by atoms with Crippen molar-refractivity contribution in [1.29, 1.82) is 0 Å². The normalized spacial score (nSPS) is 15.6. The van der Waals surface area contributed by atoms with E-state index in [-0.39, 0.29) is 28.1 Å². The van der Waals surface area contributed by atoms with Gasteiger partial charge in [0.1, 0.15) is 10.7 Å². The van der Waals surface area contributed by atoms with Crippen LogP contribution in [-0.2, 0) is 16.6 Å². The first-order valence-electron chi connectivity index (χ1n) is 6.65. The van der Waals surface area contributed by atoms with E-state index >= 15 is 0 Å². The van der Waals surface area contributed by atoms with Crippen LogP contribution in [0.15, 0.2) is 17.0 Å². The van der Waals surface area contributed by atoms with Gasteiger partial charge in [-0.25, -0.2) is 17.5 Å². The third kappa shape index (κ3) is 3.91. The van der Waals surface area contributed by atoms with Crippen molar-refractivity contribution in [1.82, 2.24) is 10.0 Å². The summed E-state index contributed by atoms with van der Waals surface area (Å²) < 4.78 is 41.0. The summed E-state index contributed by atoms with van der Waals surface area (Å²) in [5, 5.41) is 3.26. The van der Waals surface area contributed by atoms with Crippen molar-refractivity contribution >= 4 is 21.6 Å². The lowest BCUT2D eigenvalue weighted by Gasteiger charge is -2.11. The molecule has 1 fully saturated rings. The molecule has 2 rings (SSSR count). The summed E-state index contributed by atoms with van der Waals surface area (Å²) >= 11 is 5.91. The van der Waals surface area contributed by atoms with Crippen LogP contribution in [0.4, 0.5) is 4.39 Å². The standard InChI is InChI=1S/C13H18ClFN2O2S/c1-2-5-16-8-9-6-10(14)7-12(13(9)15)20(18,19)17-11-3-4-11/h6-7,11,16-17H,2-5,8H2,1H3. The average Bonchev–Trinajstić information content (AvgIpc) is 3.16. The quantitative estimate of drug-likeness (QED) is 0.759. The number of hydrogen-bond acceptors (Lipinski definition) is 3. The predicted octanol–water partition coefficient (Wildman–Crippen LogP) is 2.42. The number of halogens is 2. The molecule has 1 aliphatic rings. The van der Waals surface area contributed by atoms with E-state index in [1.54, 1.807) is 0 Å². The third-order valence-corrected chi connectivity index (χ3v) is 4.75. The summed E-state index contributed by atoms with van der Waals surface area (Å²) in [5.41, 5.74) is 0.266. The Balaban J connectivity index is 2.27. The van der Waals surface area contributed by atoms with Crippen LogP contribution in [0, 0.1) is 5.82 Å². The van der Waals surface area contributed by atoms with E-state index in [0.29, 0.717) is 0 Å². The topological polar surface area (TPSA) is 58.2 Å². The molecule has 1 aromatic carbocycles. The molecule has 1 saturated carbocycles. The molecule has 0 aromatic heterocycles. The number of rotatable bonds is 7. The average molecular weight is 321 g/mol. The van der Waals surface area contributed by atoms with Crippen molar-refractivity contribution in [2.45, 2.75) is 43.7 Å². The van der Waals surface area contributed by atoms with Crippen molar-refractivity contribution in [3.63, 3.8) is 0 Å². The SMILES string of the molecule is CCCNCc1cc(Cl)cc(S(=O)(=O)NC2CC2)c1F. The molecule has 0 spiro atoms. The van der Waals surface area contributed by atoms with E-state index in [1.165, 1.54) is 6.07 Å². The Bertz CT molecular complexity index is 588. The number of nitrogens with one attached hydrogen (secondary N) is 2. The minimum absolute atomic E-state index is 0.0694. The Hall–Kier alpha value is -0.690. The van der Waals surface area contributed by atoms with Gasteiger partial charge in [-0.1, -0.05) is 18.5 Å². The molecule has 2 N–H and O–H groups in total. The second kappa shape index (κ2) is 6.39. The Morgan fingerprint density at radius 2 is 2.10 bits per heavy atom. The first-order valence-corrected chi connectivity index (χ1v) is 8.51. The minimum Gasteiger partial charge on any atom is -0.313 e. The highest BCUT2D eigenvalue weighted by Gasteiger charge is 2.30. The maximum absolute atomic E-state index is 14.3. The molecule has 1 aliphatic carbocycles. The molecule has 0 amide bonds. The Kier molecular flexibility index (Phi) is 5.01. The second-order valence-corrected chi connectivity index (χ2v) is 7.07. The van der Waals surface area contributed by atoms with Gasteiger partial charge in [0, 0.05) is 23.2 Å². The smallest absolute Gasteiger partial charge is 0.243 e. The summed E-state index contributed by atoms with van der Waals surface area (Å²) in [4.78, 5) is -0.370. The number of sulfonamides is 1. The molecule has 112 valence electrons. The minimum atomic E-state index is -3.84. The molecule has 7 heteroatoms. The van der Waals surface area contributed by atoms with Gasteiger partial charge in [-0.15, -0.1) is 0 Å². The van der Waals surface area contributed by atoms with Crippen LogP contribution in [0.5, 0.6) is 0 Å². The monoisotopic (exact) mass is 320 g/mol. The highest BCUT2D eigenvalue weighted by atomic mass is 35.5. The van der Waals surface area contributed by atoms with Crippen molar-refractivity contribution < 1.29 is 12.8 Å². The molecule has 4 nitrogen and oxygen atoms in total. The summed E-state index contributed by atoms with van der Waals surface area (Å²) in [6.07, 6.45) is 2.51. The van der Waals surface area contributed by atoms with Gasteiger partial charge in [-0.05, 0) is 37.9 Å². The van der Waals surface area contributed by atoms with Gasteiger partial charge >= 0.3 is 0 Å². The molecule has 0 unspecified atom stereocenters. The first-order chi connectivity index (χ1) is 9.44. The Morgan fingerprint density at radius 3 is 2.70 bits per heavy atom. The summed E-state index contributed by atoms with van der Waals surface area (Å²) in [7, 11) is -3.84. The summed E-state index contributed by atoms with van der Waals surface area (Å²) in [6, 6.07) is 2.54. The van der Waals surface area contributed by atoms with Gasteiger partial charge in [0.2, 0.25) is 10.0 Å². The van der Waals surface area contributed by atoms with Crippen molar-refractivity contribution in [3.05, 3.63) is 28.5 Å². The van der Waals surface area contributed by atoms with E-state index in [2.05, 4.69) is 10.0 Å². The van der Waals surface area contributed by atoms with Crippen LogP contribution in [0.3, 0.4) is 0 Å². The zero-order valence-corrected chi connectivity index (χ0v) is 12.8. The molecular weight excluding hydrogens is 303 g/mol. The maximum atomic E-state index is 14.3. The van der Waals surface area contributed by atoms with Crippen LogP contribution in [0.1, 0.15) is 31.7 Å². The number of benzene rings is 1. The van der Waals surface area contributed by atoms with Crippen LogP contribution >= 0.6 is 11.6 Å². The zero-order valence-electron chi connectivity index (χ0n) is 11.2. The molecule has 0 heterocycles. The van der Waals surface area contributed by atoms with Gasteiger partial charge in [-0.3, -0.25) is 0 Å². The second-order valence-electron chi connectivity index (χ2n) is 4.95. The molecule has 0 aliphatic heterocycles. The lowest BCUT2D eigenvalue weighted by molar-refractivity contribution is 0.541. The Labute approximate surface area is 123 Å². The van der Waals surface area contributed by atoms with E-state index < -0.39 is 15.8 Å². The van der Waals surface area contributed by atoms with Crippen LogP contribution < -0.4 is 10.0 Å². The molecular formula is C13H18ClFN2O2S.